The SMILES string of the molecule is CC/C=C/C/C=C/C/C=C/CCCCCCCCCCCCCCCC(=O)OCC(COCCC(C(=O)O)[N+](C)(C)C)OC(=O)CC/C=C/CCCCC. The third kappa shape index (κ3) is 35.0. The number of hydrogen-bond acceptors (Lipinski definition) is 6. The van der Waals surface area contributed by atoms with Gasteiger partial charge in [-0.05, 0) is 57.8 Å². The van der Waals surface area contributed by atoms with Gasteiger partial charge in [0.25, 0.3) is 0 Å². The number of quaternary nitrogens is 1. The van der Waals surface area contributed by atoms with Crippen molar-refractivity contribution in [2.75, 3.05) is 41.0 Å². The van der Waals surface area contributed by atoms with E-state index in [0.29, 0.717) is 19.3 Å². The maximum Gasteiger partial charge on any atom is 0.362 e. The average molecular weight is 761 g/mol. The Hall–Kier alpha value is -2.71. The third-order valence-electron chi connectivity index (χ3n) is 9.48. The van der Waals surface area contributed by atoms with Crippen molar-refractivity contribution in [3.8, 4) is 0 Å². The molecule has 0 fully saturated rings. The Balaban J connectivity index is 4.12. The van der Waals surface area contributed by atoms with E-state index in [4.69, 9.17) is 14.2 Å². The van der Waals surface area contributed by atoms with Crippen LogP contribution in [0.3, 0.4) is 0 Å². The molecule has 0 aliphatic heterocycles. The second kappa shape index (κ2) is 37.2. The molecule has 2 atom stereocenters. The first-order valence-corrected chi connectivity index (χ1v) is 21.7. The van der Waals surface area contributed by atoms with Crippen LogP contribution in [0.4, 0.5) is 0 Å². The van der Waals surface area contributed by atoms with Crippen LogP contribution in [0.15, 0.2) is 48.6 Å². The van der Waals surface area contributed by atoms with Crippen LogP contribution in [0.2, 0.25) is 0 Å². The van der Waals surface area contributed by atoms with Crippen LogP contribution in [-0.2, 0) is 28.6 Å². The van der Waals surface area contributed by atoms with Gasteiger partial charge in [0.2, 0.25) is 0 Å². The number of rotatable bonds is 38. The van der Waals surface area contributed by atoms with E-state index in [1.54, 1.807) is 0 Å². The van der Waals surface area contributed by atoms with Gasteiger partial charge in [-0.25, -0.2) is 4.79 Å². The number of ether oxygens (including phenoxy) is 3. The number of carboxylic acids is 1. The fraction of sp³-hybridized carbons (Fsp3) is 0.761. The molecule has 0 aromatic heterocycles. The summed E-state index contributed by atoms with van der Waals surface area (Å²) in [7, 11) is 5.50. The molecule has 8 heteroatoms. The van der Waals surface area contributed by atoms with E-state index in [1.807, 2.05) is 27.2 Å². The normalized spacial score (nSPS) is 13.4. The molecule has 0 spiro atoms. The summed E-state index contributed by atoms with van der Waals surface area (Å²) in [4.78, 5) is 36.7. The van der Waals surface area contributed by atoms with Crippen LogP contribution in [0, 0.1) is 0 Å². The Kier molecular flexibility index (Phi) is 35.4. The van der Waals surface area contributed by atoms with E-state index in [-0.39, 0.29) is 42.7 Å². The monoisotopic (exact) mass is 761 g/mol. The van der Waals surface area contributed by atoms with Crippen molar-refractivity contribution in [2.45, 2.75) is 187 Å². The minimum atomic E-state index is -0.882. The summed E-state index contributed by atoms with van der Waals surface area (Å²) >= 11 is 0. The number of esters is 2. The van der Waals surface area contributed by atoms with Crippen molar-refractivity contribution in [3.63, 3.8) is 0 Å². The standard InChI is InChI=1S/C46H81NO7/c1-6-8-10-12-14-15-16-17-18-19-20-21-22-23-24-25-26-27-28-29-31-32-34-36-44(48)53-41-42(40-52-39-38-43(46(50)51)47(3,4)5)54-45(49)37-35-33-30-13-11-9-7-2/h8,10,14-15,17-18,30,33,42-43H,6-7,9,11-13,16,19-29,31-32,34-41H2,1-5H3/p+1/b10-8+,15-14+,18-17+,33-30+. The van der Waals surface area contributed by atoms with E-state index < -0.39 is 18.1 Å². The van der Waals surface area contributed by atoms with E-state index in [0.717, 1.165) is 51.4 Å². The molecule has 0 radical (unpaired) electrons. The summed E-state index contributed by atoms with van der Waals surface area (Å²) in [6, 6.07) is -0.618. The van der Waals surface area contributed by atoms with E-state index in [9.17, 15) is 19.5 Å². The first-order valence-electron chi connectivity index (χ1n) is 21.7. The highest BCUT2D eigenvalue weighted by Crippen LogP contribution is 2.14. The minimum Gasteiger partial charge on any atom is -0.477 e. The zero-order valence-electron chi connectivity index (χ0n) is 35.4. The Bertz CT molecular complexity index is 1030. The largest absolute Gasteiger partial charge is 0.477 e. The molecule has 0 amide bonds. The summed E-state index contributed by atoms with van der Waals surface area (Å²) in [5.74, 6) is -1.54. The lowest BCUT2D eigenvalue weighted by atomic mass is 10.0. The Morgan fingerprint density at radius 1 is 0.574 bits per heavy atom. The fourth-order valence-corrected chi connectivity index (χ4v) is 6.12. The number of hydrogen-bond donors (Lipinski definition) is 1. The second-order valence-corrected chi connectivity index (χ2v) is 15.6. The van der Waals surface area contributed by atoms with Gasteiger partial charge in [-0.2, -0.15) is 0 Å². The molecule has 0 rings (SSSR count). The predicted molar refractivity (Wildman–Crippen MR) is 224 cm³/mol. The number of allylic oxidation sites excluding steroid dienone is 8. The lowest BCUT2D eigenvalue weighted by molar-refractivity contribution is -0.887. The molecular formula is C46H82NO7+. The highest BCUT2D eigenvalue weighted by atomic mass is 16.6. The zero-order valence-corrected chi connectivity index (χ0v) is 35.4. The van der Waals surface area contributed by atoms with Gasteiger partial charge in [-0.3, -0.25) is 9.59 Å². The highest BCUT2D eigenvalue weighted by molar-refractivity contribution is 5.72. The maximum absolute atomic E-state index is 12.5. The first kappa shape index (κ1) is 51.3. The fourth-order valence-electron chi connectivity index (χ4n) is 6.12. The van der Waals surface area contributed by atoms with Gasteiger partial charge in [0.05, 0.1) is 34.4 Å². The van der Waals surface area contributed by atoms with Gasteiger partial charge < -0.3 is 23.8 Å². The van der Waals surface area contributed by atoms with Gasteiger partial charge in [0.15, 0.2) is 12.1 Å². The van der Waals surface area contributed by atoms with Crippen molar-refractivity contribution in [1.29, 1.82) is 0 Å². The Labute approximate surface area is 331 Å². The molecule has 1 N–H and O–H groups in total. The molecule has 0 heterocycles. The molecule has 0 aliphatic rings. The third-order valence-corrected chi connectivity index (χ3v) is 9.48. The molecule has 8 nitrogen and oxygen atoms in total. The molecule has 0 aliphatic carbocycles. The molecule has 0 saturated heterocycles. The molecule has 0 aromatic rings. The van der Waals surface area contributed by atoms with Crippen LogP contribution >= 0.6 is 0 Å². The molecule has 0 bridgehead atoms. The summed E-state index contributed by atoms with van der Waals surface area (Å²) in [5.41, 5.74) is 0. The summed E-state index contributed by atoms with van der Waals surface area (Å²) in [6.45, 7) is 4.51. The summed E-state index contributed by atoms with van der Waals surface area (Å²) in [6.07, 6.45) is 43.4. The highest BCUT2D eigenvalue weighted by Gasteiger charge is 2.31. The lowest BCUT2D eigenvalue weighted by Crippen LogP contribution is -2.50. The van der Waals surface area contributed by atoms with Crippen LogP contribution in [-0.4, -0.2) is 80.6 Å². The number of unbranched alkanes of at least 4 members (excludes halogenated alkanes) is 16. The summed E-state index contributed by atoms with van der Waals surface area (Å²) < 4.78 is 17.1. The topological polar surface area (TPSA) is 99.1 Å². The molecule has 0 saturated carbocycles. The number of carboxylic acid groups (broad SMARTS) is 1. The maximum atomic E-state index is 12.5. The van der Waals surface area contributed by atoms with Gasteiger partial charge in [0, 0.05) is 19.3 Å². The van der Waals surface area contributed by atoms with Gasteiger partial charge in [-0.1, -0.05) is 146 Å². The smallest absolute Gasteiger partial charge is 0.362 e. The van der Waals surface area contributed by atoms with Crippen LogP contribution < -0.4 is 0 Å². The Morgan fingerprint density at radius 2 is 1.07 bits per heavy atom. The van der Waals surface area contributed by atoms with Crippen molar-refractivity contribution in [2.24, 2.45) is 0 Å². The van der Waals surface area contributed by atoms with Crippen molar-refractivity contribution in [1.82, 2.24) is 0 Å². The quantitative estimate of drug-likeness (QED) is 0.0289. The number of likely N-dealkylation sites (N-methyl/N-ethyl adjacent to an activating group) is 1. The molecule has 2 unspecified atom stereocenters. The molecular weight excluding hydrogens is 679 g/mol. The minimum absolute atomic E-state index is 0.0452. The number of nitrogens with zero attached hydrogens (tertiary/aromatic N) is 1. The lowest BCUT2D eigenvalue weighted by Gasteiger charge is -2.31. The number of aliphatic carboxylic acids is 1. The van der Waals surface area contributed by atoms with Gasteiger partial charge in [0.1, 0.15) is 6.61 Å². The van der Waals surface area contributed by atoms with Crippen molar-refractivity contribution in [3.05, 3.63) is 48.6 Å². The number of carbonyl (C=O) groups excluding carboxylic acids is 2. The van der Waals surface area contributed by atoms with Crippen molar-refractivity contribution < 1.29 is 38.2 Å². The average Bonchev–Trinajstić information content (AvgIpc) is 3.12. The van der Waals surface area contributed by atoms with Gasteiger partial charge in [-0.15, -0.1) is 0 Å². The Morgan fingerprint density at radius 3 is 1.63 bits per heavy atom. The van der Waals surface area contributed by atoms with E-state index >= 15 is 0 Å². The molecule has 312 valence electrons. The van der Waals surface area contributed by atoms with E-state index in [2.05, 4.69) is 56.4 Å². The van der Waals surface area contributed by atoms with Crippen LogP contribution in [0.25, 0.3) is 0 Å². The van der Waals surface area contributed by atoms with Crippen LogP contribution in [0.1, 0.15) is 174 Å². The molecule has 54 heavy (non-hydrogen) atoms. The predicted octanol–water partition coefficient (Wildman–Crippen LogP) is 11.6. The number of carbonyl (C=O) groups is 3. The van der Waals surface area contributed by atoms with Gasteiger partial charge >= 0.3 is 17.9 Å². The summed E-state index contributed by atoms with van der Waals surface area (Å²) in [5, 5.41) is 9.58. The second-order valence-electron chi connectivity index (χ2n) is 15.6. The van der Waals surface area contributed by atoms with E-state index in [1.165, 1.54) is 83.5 Å². The zero-order chi connectivity index (χ0) is 40.0. The van der Waals surface area contributed by atoms with Crippen LogP contribution in [0.5, 0.6) is 0 Å². The van der Waals surface area contributed by atoms with Crippen molar-refractivity contribution >= 4 is 17.9 Å². The molecule has 0 aromatic carbocycles. The first-order chi connectivity index (χ1) is 26.1.